The maximum Gasteiger partial charge on any atom is 0.416 e. The number of ether oxygens (including phenoxy) is 1. The first-order chi connectivity index (χ1) is 18.5. The summed E-state index contributed by atoms with van der Waals surface area (Å²) in [4.78, 5) is 26.9. The van der Waals surface area contributed by atoms with Crippen molar-refractivity contribution in [1.82, 2.24) is 23.5 Å². The summed E-state index contributed by atoms with van der Waals surface area (Å²) in [6.45, 7) is 10.4. The highest BCUT2D eigenvalue weighted by atomic mass is 19.4. The molecular formula is C28H34F3N5O3. The van der Waals surface area contributed by atoms with Gasteiger partial charge in [0.05, 0.1) is 35.6 Å². The van der Waals surface area contributed by atoms with Crippen molar-refractivity contribution in [2.24, 2.45) is 0 Å². The third-order valence-electron chi connectivity index (χ3n) is 6.57. The maximum atomic E-state index is 13.7. The van der Waals surface area contributed by atoms with Crippen molar-refractivity contribution in [3.05, 3.63) is 74.7 Å². The third kappa shape index (κ3) is 5.59. The Balaban J connectivity index is 1.90. The molecule has 0 saturated carbocycles. The van der Waals surface area contributed by atoms with Gasteiger partial charge in [0.15, 0.2) is 0 Å². The fourth-order valence-corrected chi connectivity index (χ4v) is 4.91. The van der Waals surface area contributed by atoms with Gasteiger partial charge < -0.3 is 9.30 Å². The summed E-state index contributed by atoms with van der Waals surface area (Å²) in [5.41, 5.74) is 1.17. The highest BCUT2D eigenvalue weighted by Gasteiger charge is 2.30. The summed E-state index contributed by atoms with van der Waals surface area (Å²) >= 11 is 0. The second kappa shape index (κ2) is 11.3. The predicted molar refractivity (Wildman–Crippen MR) is 144 cm³/mol. The van der Waals surface area contributed by atoms with Crippen LogP contribution in [-0.4, -0.2) is 29.6 Å². The highest BCUT2D eigenvalue weighted by Crippen LogP contribution is 2.33. The highest BCUT2D eigenvalue weighted by molar-refractivity contribution is 5.83. The molecule has 0 amide bonds. The summed E-state index contributed by atoms with van der Waals surface area (Å²) in [5.74, 6) is 0. The number of alkyl halides is 3. The molecule has 0 aliphatic carbocycles. The predicted octanol–water partition coefficient (Wildman–Crippen LogP) is 5.66. The minimum Gasteiger partial charge on any atom is -0.355 e. The van der Waals surface area contributed by atoms with Crippen molar-refractivity contribution in [3.8, 4) is 11.3 Å². The van der Waals surface area contributed by atoms with Gasteiger partial charge in [0.2, 0.25) is 0 Å². The molecule has 8 nitrogen and oxygen atoms in total. The number of nitrogens with zero attached hydrogens (tertiary/aromatic N) is 5. The fourth-order valence-electron chi connectivity index (χ4n) is 4.91. The number of aryl methyl sites for hydroxylation is 1. The van der Waals surface area contributed by atoms with E-state index in [-0.39, 0.29) is 23.9 Å². The maximum absolute atomic E-state index is 13.7. The normalized spacial score (nSPS) is 13.1. The van der Waals surface area contributed by atoms with Crippen molar-refractivity contribution in [1.29, 1.82) is 0 Å². The van der Waals surface area contributed by atoms with Crippen LogP contribution in [-0.2, 0) is 30.5 Å². The standard InChI is InChI=1S/C28H34F3N5O3/c1-6-12-35-26(37)25-23(34(8-3)27(35)38)14-22(36(25)24(7-2)39-18(4)5)20-15-32-33(17-20)16-19-10-9-11-21(13-19)28(29,30)31/h9-11,13-15,17-18,24H,6-8,12,16H2,1-5H3. The largest absolute Gasteiger partial charge is 0.416 e. The first-order valence-corrected chi connectivity index (χ1v) is 13.2. The van der Waals surface area contributed by atoms with Gasteiger partial charge in [-0.1, -0.05) is 26.0 Å². The lowest BCUT2D eigenvalue weighted by Gasteiger charge is -2.24. The van der Waals surface area contributed by atoms with E-state index in [1.165, 1.54) is 10.6 Å². The Bertz CT molecular complexity index is 1580. The van der Waals surface area contributed by atoms with E-state index in [2.05, 4.69) is 5.10 Å². The molecule has 1 atom stereocenters. The van der Waals surface area contributed by atoms with Gasteiger partial charge in [-0.2, -0.15) is 18.3 Å². The zero-order valence-corrected chi connectivity index (χ0v) is 22.8. The number of benzene rings is 1. The van der Waals surface area contributed by atoms with Crippen molar-refractivity contribution < 1.29 is 17.9 Å². The van der Waals surface area contributed by atoms with Gasteiger partial charge in [0.1, 0.15) is 11.7 Å². The van der Waals surface area contributed by atoms with E-state index in [0.29, 0.717) is 53.8 Å². The molecule has 3 aromatic heterocycles. The number of rotatable bonds is 10. The molecule has 0 N–H and O–H groups in total. The molecule has 0 radical (unpaired) electrons. The van der Waals surface area contributed by atoms with Crippen LogP contribution in [0.1, 0.15) is 64.8 Å². The first-order valence-electron chi connectivity index (χ1n) is 13.2. The minimum atomic E-state index is -4.43. The summed E-state index contributed by atoms with van der Waals surface area (Å²) < 4.78 is 52.0. The van der Waals surface area contributed by atoms with Crippen LogP contribution in [0.3, 0.4) is 0 Å². The van der Waals surface area contributed by atoms with Crippen LogP contribution in [0.25, 0.3) is 22.3 Å². The van der Waals surface area contributed by atoms with E-state index < -0.39 is 18.0 Å². The Labute approximate surface area is 224 Å². The smallest absolute Gasteiger partial charge is 0.355 e. The second-order valence-electron chi connectivity index (χ2n) is 9.79. The van der Waals surface area contributed by atoms with Crippen molar-refractivity contribution >= 4 is 11.0 Å². The van der Waals surface area contributed by atoms with E-state index in [4.69, 9.17) is 4.74 Å². The molecule has 4 rings (SSSR count). The number of halogens is 3. The van der Waals surface area contributed by atoms with Crippen LogP contribution in [0.15, 0.2) is 52.3 Å². The number of aromatic nitrogens is 5. The Kier molecular flexibility index (Phi) is 8.20. The van der Waals surface area contributed by atoms with Crippen LogP contribution < -0.4 is 11.2 Å². The number of hydrogen-bond donors (Lipinski definition) is 0. The van der Waals surface area contributed by atoms with Gasteiger partial charge in [-0.25, -0.2) is 4.79 Å². The van der Waals surface area contributed by atoms with Crippen LogP contribution in [0.5, 0.6) is 0 Å². The summed E-state index contributed by atoms with van der Waals surface area (Å²) in [7, 11) is 0. The van der Waals surface area contributed by atoms with Crippen LogP contribution in [0.2, 0.25) is 0 Å². The molecule has 210 valence electrons. The molecule has 1 aromatic carbocycles. The van der Waals surface area contributed by atoms with Gasteiger partial charge in [-0.3, -0.25) is 18.6 Å². The molecule has 0 bridgehead atoms. The lowest BCUT2D eigenvalue weighted by molar-refractivity contribution is -0.137. The fraction of sp³-hybridized carbons (Fsp3) is 0.464. The Morgan fingerprint density at radius 3 is 2.41 bits per heavy atom. The van der Waals surface area contributed by atoms with Gasteiger partial charge in [0, 0.05) is 24.8 Å². The average molecular weight is 546 g/mol. The Morgan fingerprint density at radius 1 is 1.05 bits per heavy atom. The first kappa shape index (κ1) is 28.4. The van der Waals surface area contributed by atoms with Crippen LogP contribution in [0, 0.1) is 0 Å². The molecule has 1 unspecified atom stereocenters. The van der Waals surface area contributed by atoms with Gasteiger partial charge in [-0.15, -0.1) is 0 Å². The SMILES string of the molecule is CCCn1c(=O)c2c(cc(-c3cnn(Cc4cccc(C(F)(F)F)c4)c3)n2C(CC)OC(C)C)n(CC)c1=O. The van der Waals surface area contributed by atoms with Gasteiger partial charge >= 0.3 is 11.9 Å². The Hall–Kier alpha value is -3.60. The molecular weight excluding hydrogens is 511 g/mol. The van der Waals surface area contributed by atoms with E-state index in [0.717, 1.165) is 12.1 Å². The van der Waals surface area contributed by atoms with E-state index in [1.807, 2.05) is 39.2 Å². The van der Waals surface area contributed by atoms with E-state index >= 15 is 0 Å². The quantitative estimate of drug-likeness (QED) is 0.258. The molecule has 3 heterocycles. The van der Waals surface area contributed by atoms with Crippen molar-refractivity contribution in [2.45, 2.75) is 85.6 Å². The molecule has 11 heteroatoms. The summed E-state index contributed by atoms with van der Waals surface area (Å²) in [6, 6.07) is 6.94. The number of fused-ring (bicyclic) bond motifs is 1. The zero-order chi connectivity index (χ0) is 28.5. The monoisotopic (exact) mass is 545 g/mol. The second-order valence-corrected chi connectivity index (χ2v) is 9.79. The number of hydrogen-bond acceptors (Lipinski definition) is 4. The zero-order valence-electron chi connectivity index (χ0n) is 22.8. The molecule has 0 spiro atoms. The summed E-state index contributed by atoms with van der Waals surface area (Å²) in [6.07, 6.45) is -0.525. The molecule has 0 saturated heterocycles. The van der Waals surface area contributed by atoms with Crippen LogP contribution in [0.4, 0.5) is 13.2 Å². The lowest BCUT2D eigenvalue weighted by Crippen LogP contribution is -2.40. The molecule has 4 aromatic rings. The minimum absolute atomic E-state index is 0.126. The lowest BCUT2D eigenvalue weighted by atomic mass is 10.1. The van der Waals surface area contributed by atoms with E-state index in [1.54, 1.807) is 33.8 Å². The molecule has 0 fully saturated rings. The topological polar surface area (TPSA) is 76.0 Å². The summed E-state index contributed by atoms with van der Waals surface area (Å²) in [5, 5.41) is 4.40. The van der Waals surface area contributed by atoms with E-state index in [9.17, 15) is 22.8 Å². The van der Waals surface area contributed by atoms with Gasteiger partial charge in [-0.05, 0) is 57.4 Å². The van der Waals surface area contributed by atoms with Crippen molar-refractivity contribution in [3.63, 3.8) is 0 Å². The Morgan fingerprint density at radius 2 is 1.79 bits per heavy atom. The molecule has 0 aliphatic rings. The average Bonchev–Trinajstić information content (AvgIpc) is 3.50. The van der Waals surface area contributed by atoms with Crippen LogP contribution >= 0.6 is 0 Å². The third-order valence-corrected chi connectivity index (χ3v) is 6.57. The molecule has 0 aliphatic heterocycles. The molecule has 39 heavy (non-hydrogen) atoms. The van der Waals surface area contributed by atoms with Gasteiger partial charge in [0.25, 0.3) is 5.56 Å². The van der Waals surface area contributed by atoms with Crippen molar-refractivity contribution in [2.75, 3.05) is 0 Å².